The maximum atomic E-state index is 12.5. The molecule has 140 valence electrons. The van der Waals surface area contributed by atoms with Gasteiger partial charge >= 0.3 is 0 Å². The van der Waals surface area contributed by atoms with Crippen LogP contribution in [0.5, 0.6) is 0 Å². The van der Waals surface area contributed by atoms with Crippen molar-refractivity contribution in [3.05, 3.63) is 71.9 Å². The molecule has 2 N–H and O–H groups in total. The Hall–Kier alpha value is -2.59. The smallest absolute Gasteiger partial charge is 0.220 e. The van der Waals surface area contributed by atoms with Crippen molar-refractivity contribution in [1.82, 2.24) is 15.2 Å². The number of rotatable bonds is 7. The van der Waals surface area contributed by atoms with Crippen molar-refractivity contribution in [2.24, 2.45) is 0 Å². The van der Waals surface area contributed by atoms with Crippen LogP contribution in [0.1, 0.15) is 36.4 Å². The van der Waals surface area contributed by atoms with Gasteiger partial charge in [0.2, 0.25) is 5.91 Å². The number of aromatic nitrogens is 1. The van der Waals surface area contributed by atoms with Gasteiger partial charge in [-0.15, -0.1) is 0 Å². The number of nitrogens with one attached hydrogen (secondary N) is 2. The summed E-state index contributed by atoms with van der Waals surface area (Å²) >= 11 is 0. The van der Waals surface area contributed by atoms with Gasteiger partial charge in [-0.1, -0.05) is 48.5 Å². The van der Waals surface area contributed by atoms with E-state index in [0.29, 0.717) is 13.0 Å². The van der Waals surface area contributed by atoms with Gasteiger partial charge in [0, 0.05) is 30.1 Å². The Morgan fingerprint density at radius 1 is 1.04 bits per heavy atom. The normalized spacial score (nSPS) is 15.9. The number of likely N-dealkylation sites (tertiary alicyclic amines) is 1. The van der Waals surface area contributed by atoms with E-state index in [1.54, 1.807) is 0 Å². The van der Waals surface area contributed by atoms with Crippen LogP contribution in [0.3, 0.4) is 0 Å². The summed E-state index contributed by atoms with van der Waals surface area (Å²) in [6.07, 6.45) is 5.80. The monoisotopic (exact) mass is 361 g/mol. The number of aromatic amines is 1. The van der Waals surface area contributed by atoms with Gasteiger partial charge in [-0.25, -0.2) is 0 Å². The zero-order valence-corrected chi connectivity index (χ0v) is 15.7. The molecule has 0 bridgehead atoms. The highest BCUT2D eigenvalue weighted by Crippen LogP contribution is 2.24. The van der Waals surface area contributed by atoms with Crippen LogP contribution in [0.15, 0.2) is 60.8 Å². The topological polar surface area (TPSA) is 48.1 Å². The lowest BCUT2D eigenvalue weighted by Crippen LogP contribution is -2.36. The summed E-state index contributed by atoms with van der Waals surface area (Å²) in [4.78, 5) is 18.3. The average molecular weight is 361 g/mol. The fourth-order valence-corrected chi connectivity index (χ4v) is 4.07. The maximum Gasteiger partial charge on any atom is 0.220 e. The number of para-hydroxylation sites is 1. The van der Waals surface area contributed by atoms with Gasteiger partial charge in [-0.3, -0.25) is 9.69 Å². The minimum absolute atomic E-state index is 0.125. The van der Waals surface area contributed by atoms with Crippen LogP contribution >= 0.6 is 0 Å². The average Bonchev–Trinajstić information content (AvgIpc) is 3.38. The number of carbonyl (C=O) groups excluding carboxylic acids is 1. The lowest BCUT2D eigenvalue weighted by molar-refractivity contribution is -0.121. The standard InChI is InChI=1S/C23H27N3O/c27-23(13-12-19-16-24-21-11-5-4-10-20(19)21)25-17-22(26-14-6-7-15-26)18-8-2-1-3-9-18/h1-5,8-11,16,22,24H,6-7,12-15,17H2,(H,25,27). The number of hydrogen-bond acceptors (Lipinski definition) is 2. The van der Waals surface area contributed by atoms with E-state index in [9.17, 15) is 4.79 Å². The SMILES string of the molecule is O=C(CCc1c[nH]c2ccccc12)NCC(c1ccccc1)N1CCCC1. The summed E-state index contributed by atoms with van der Waals surface area (Å²) in [7, 11) is 0. The summed E-state index contributed by atoms with van der Waals surface area (Å²) in [6.45, 7) is 2.91. The van der Waals surface area contributed by atoms with E-state index < -0.39 is 0 Å². The summed E-state index contributed by atoms with van der Waals surface area (Å²) in [5, 5.41) is 4.39. The molecule has 1 amide bonds. The van der Waals surface area contributed by atoms with Gasteiger partial charge in [0.05, 0.1) is 6.04 Å². The second kappa shape index (κ2) is 8.40. The molecule has 2 aromatic carbocycles. The highest BCUT2D eigenvalue weighted by atomic mass is 16.1. The van der Waals surface area contributed by atoms with Gasteiger partial charge in [0.1, 0.15) is 0 Å². The zero-order valence-electron chi connectivity index (χ0n) is 15.7. The number of aryl methyl sites for hydroxylation is 1. The molecule has 1 aromatic heterocycles. The number of nitrogens with zero attached hydrogens (tertiary/aromatic N) is 1. The van der Waals surface area contributed by atoms with Crippen molar-refractivity contribution < 1.29 is 4.79 Å². The van der Waals surface area contributed by atoms with E-state index in [4.69, 9.17) is 0 Å². The van der Waals surface area contributed by atoms with E-state index in [0.717, 1.165) is 25.0 Å². The highest BCUT2D eigenvalue weighted by molar-refractivity contribution is 5.84. The number of H-pyrrole nitrogens is 1. The largest absolute Gasteiger partial charge is 0.361 e. The quantitative estimate of drug-likeness (QED) is 0.667. The number of hydrogen-bond donors (Lipinski definition) is 2. The Bertz CT molecular complexity index is 881. The molecule has 4 nitrogen and oxygen atoms in total. The van der Waals surface area contributed by atoms with Crippen molar-refractivity contribution in [3.8, 4) is 0 Å². The lowest BCUT2D eigenvalue weighted by Gasteiger charge is -2.28. The van der Waals surface area contributed by atoms with Crippen LogP contribution in [0.2, 0.25) is 0 Å². The van der Waals surface area contributed by atoms with Crippen LogP contribution in [-0.4, -0.2) is 35.4 Å². The number of fused-ring (bicyclic) bond motifs is 1. The number of amides is 1. The predicted molar refractivity (Wildman–Crippen MR) is 110 cm³/mol. The molecule has 3 aromatic rings. The maximum absolute atomic E-state index is 12.5. The zero-order chi connectivity index (χ0) is 18.5. The van der Waals surface area contributed by atoms with E-state index in [-0.39, 0.29) is 11.9 Å². The Kier molecular flexibility index (Phi) is 5.54. The van der Waals surface area contributed by atoms with Crippen LogP contribution in [0.25, 0.3) is 10.9 Å². The first-order valence-electron chi connectivity index (χ1n) is 9.92. The fraction of sp³-hybridized carbons (Fsp3) is 0.348. The fourth-order valence-electron chi connectivity index (χ4n) is 4.07. The molecule has 1 aliphatic heterocycles. The Morgan fingerprint density at radius 3 is 2.59 bits per heavy atom. The summed E-state index contributed by atoms with van der Waals surface area (Å²) in [5.41, 5.74) is 3.63. The second-order valence-electron chi connectivity index (χ2n) is 7.33. The third-order valence-corrected chi connectivity index (χ3v) is 5.55. The third-order valence-electron chi connectivity index (χ3n) is 5.55. The molecule has 0 aliphatic carbocycles. The van der Waals surface area contributed by atoms with Gasteiger partial charge in [-0.05, 0) is 49.5 Å². The van der Waals surface area contributed by atoms with Crippen LogP contribution in [-0.2, 0) is 11.2 Å². The Morgan fingerprint density at radius 2 is 1.78 bits per heavy atom. The second-order valence-corrected chi connectivity index (χ2v) is 7.33. The summed E-state index contributed by atoms with van der Waals surface area (Å²) < 4.78 is 0. The molecule has 0 spiro atoms. The lowest BCUT2D eigenvalue weighted by atomic mass is 10.1. The first-order valence-corrected chi connectivity index (χ1v) is 9.92. The number of benzene rings is 2. The first-order chi connectivity index (χ1) is 13.3. The molecule has 27 heavy (non-hydrogen) atoms. The highest BCUT2D eigenvalue weighted by Gasteiger charge is 2.23. The first kappa shape index (κ1) is 17.8. The van der Waals surface area contributed by atoms with Gasteiger partial charge in [0.15, 0.2) is 0 Å². The van der Waals surface area contributed by atoms with Gasteiger partial charge in [0.25, 0.3) is 0 Å². The van der Waals surface area contributed by atoms with Crippen LogP contribution in [0, 0.1) is 0 Å². The predicted octanol–water partition coefficient (Wildman–Crippen LogP) is 4.05. The summed E-state index contributed by atoms with van der Waals surface area (Å²) in [6, 6.07) is 19.1. The molecule has 0 radical (unpaired) electrons. The van der Waals surface area contributed by atoms with Gasteiger partial charge in [-0.2, -0.15) is 0 Å². The Balaban J connectivity index is 1.35. The third kappa shape index (κ3) is 4.22. The molecule has 4 rings (SSSR count). The minimum Gasteiger partial charge on any atom is -0.361 e. The molecule has 1 atom stereocenters. The van der Waals surface area contributed by atoms with Crippen LogP contribution < -0.4 is 5.32 Å². The van der Waals surface area contributed by atoms with E-state index >= 15 is 0 Å². The Labute approximate surface area is 160 Å². The van der Waals surface area contributed by atoms with Crippen molar-refractivity contribution in [2.75, 3.05) is 19.6 Å². The molecule has 1 saturated heterocycles. The van der Waals surface area contributed by atoms with Gasteiger partial charge < -0.3 is 10.3 Å². The molecule has 4 heteroatoms. The van der Waals surface area contributed by atoms with E-state index in [2.05, 4.69) is 51.6 Å². The molecular formula is C23H27N3O. The molecule has 1 unspecified atom stereocenters. The summed E-state index contributed by atoms with van der Waals surface area (Å²) in [5.74, 6) is 0.125. The van der Waals surface area contributed by atoms with Crippen molar-refractivity contribution in [2.45, 2.75) is 31.7 Å². The van der Waals surface area contributed by atoms with E-state index in [1.807, 2.05) is 24.4 Å². The van der Waals surface area contributed by atoms with E-state index in [1.165, 1.54) is 29.4 Å². The molecule has 1 fully saturated rings. The van der Waals surface area contributed by atoms with Crippen molar-refractivity contribution >= 4 is 16.8 Å². The number of carbonyl (C=O) groups is 1. The molecule has 0 saturated carbocycles. The molecule has 2 heterocycles. The minimum atomic E-state index is 0.125. The molecular weight excluding hydrogens is 334 g/mol. The van der Waals surface area contributed by atoms with Crippen molar-refractivity contribution in [1.29, 1.82) is 0 Å². The van der Waals surface area contributed by atoms with Crippen molar-refractivity contribution in [3.63, 3.8) is 0 Å². The molecule has 1 aliphatic rings. The van der Waals surface area contributed by atoms with Crippen LogP contribution in [0.4, 0.5) is 0 Å².